The molecule has 0 bridgehead atoms. The summed E-state index contributed by atoms with van der Waals surface area (Å²) in [4.78, 5) is 5.35. The molecule has 15 rings (SSSR count). The van der Waals surface area contributed by atoms with Crippen molar-refractivity contribution in [3.63, 3.8) is 0 Å². The van der Waals surface area contributed by atoms with Gasteiger partial charge in [-0.25, -0.2) is 0 Å². The third kappa shape index (κ3) is 7.94. The first-order chi connectivity index (χ1) is 39.7. The van der Waals surface area contributed by atoms with Gasteiger partial charge in [-0.3, -0.25) is 0 Å². The maximum Gasteiger partial charge on any atom is 0.252 e. The Kier molecular flexibility index (Phi) is 11.0. The van der Waals surface area contributed by atoms with Crippen molar-refractivity contribution in [3.8, 4) is 16.8 Å². The molecule has 0 N–H and O–H groups in total. The zero-order valence-electron chi connectivity index (χ0n) is 50.0. The Balaban J connectivity index is 1.11. The Morgan fingerprint density at radius 2 is 0.819 bits per heavy atom. The standard InChI is InChI=1S/C78H70BN3O/c1-75(2,3)51-41-52(76(4,5)6)44-56(43-51)81-67-39-50(49-32-37-66-63(38-49)61-33-34-62-60-28-20-21-29-69(60)83-74(62)73(61)80(66)55-24-14-13-15-25-55)40-68-70(67)79(64-35-30-47-22-16-18-26-58(47)71(64)81)65-36-31-48-23-17-19-27-59(48)72(65)82(68)57-45-53(77(7,8)9)42-54(46-57)78(10,11)12/h13-46H,1-12H3. The summed E-state index contributed by atoms with van der Waals surface area (Å²) in [7, 11) is 0. The fourth-order valence-electron chi connectivity index (χ4n) is 13.7. The van der Waals surface area contributed by atoms with Gasteiger partial charge in [-0.2, -0.15) is 0 Å². The Hall–Kier alpha value is -8.80. The molecule has 2 aromatic heterocycles. The first kappa shape index (κ1) is 51.1. The van der Waals surface area contributed by atoms with Crippen LogP contribution in [0, 0.1) is 0 Å². The summed E-state index contributed by atoms with van der Waals surface area (Å²) >= 11 is 0. The zero-order valence-corrected chi connectivity index (χ0v) is 50.0. The van der Waals surface area contributed by atoms with E-state index < -0.39 is 0 Å². The molecule has 0 aliphatic carbocycles. The number of para-hydroxylation sites is 2. The van der Waals surface area contributed by atoms with Gasteiger partial charge in [-0.15, -0.1) is 0 Å². The number of benzene rings is 11. The van der Waals surface area contributed by atoms with Crippen LogP contribution in [-0.2, 0) is 21.7 Å². The van der Waals surface area contributed by atoms with Crippen LogP contribution in [0.2, 0.25) is 0 Å². The van der Waals surface area contributed by atoms with Crippen molar-refractivity contribution in [1.82, 2.24) is 4.57 Å². The summed E-state index contributed by atoms with van der Waals surface area (Å²) in [5.41, 5.74) is 23.4. The van der Waals surface area contributed by atoms with Crippen molar-refractivity contribution in [1.29, 1.82) is 0 Å². The molecule has 2 aliphatic rings. The molecule has 0 saturated heterocycles. The van der Waals surface area contributed by atoms with Crippen LogP contribution >= 0.6 is 0 Å². The van der Waals surface area contributed by atoms with E-state index in [4.69, 9.17) is 4.42 Å². The molecule has 11 aromatic carbocycles. The molecule has 406 valence electrons. The van der Waals surface area contributed by atoms with Gasteiger partial charge in [-0.05, 0) is 155 Å². The molecule has 0 spiro atoms. The quantitative estimate of drug-likeness (QED) is 0.164. The zero-order chi connectivity index (χ0) is 57.2. The molecule has 0 atom stereocenters. The second kappa shape index (κ2) is 17.9. The Labute approximate surface area is 488 Å². The lowest BCUT2D eigenvalue weighted by atomic mass is 9.33. The number of nitrogens with zero attached hydrogens (tertiary/aromatic N) is 3. The van der Waals surface area contributed by atoms with Crippen molar-refractivity contribution in [3.05, 3.63) is 229 Å². The van der Waals surface area contributed by atoms with Gasteiger partial charge in [0.1, 0.15) is 5.58 Å². The van der Waals surface area contributed by atoms with Crippen LogP contribution in [0.25, 0.3) is 82.1 Å². The molecule has 13 aromatic rings. The van der Waals surface area contributed by atoms with Crippen molar-refractivity contribution in [2.24, 2.45) is 0 Å². The van der Waals surface area contributed by atoms with Crippen molar-refractivity contribution < 1.29 is 4.42 Å². The van der Waals surface area contributed by atoms with Gasteiger partial charge in [0.2, 0.25) is 0 Å². The minimum absolute atomic E-state index is 0.0842. The number of fused-ring (bicyclic) bond motifs is 15. The normalized spacial score (nSPS) is 13.7. The van der Waals surface area contributed by atoms with E-state index in [0.29, 0.717) is 0 Å². The number of rotatable bonds is 4. The second-order valence-corrected chi connectivity index (χ2v) is 27.9. The van der Waals surface area contributed by atoms with Crippen molar-refractivity contribution in [2.45, 2.75) is 105 Å². The van der Waals surface area contributed by atoms with Crippen LogP contribution in [0.5, 0.6) is 0 Å². The molecule has 0 radical (unpaired) electrons. The van der Waals surface area contributed by atoms with Gasteiger partial charge >= 0.3 is 0 Å². The van der Waals surface area contributed by atoms with E-state index >= 15 is 0 Å². The molecule has 0 saturated carbocycles. The second-order valence-electron chi connectivity index (χ2n) is 27.9. The lowest BCUT2D eigenvalue weighted by Crippen LogP contribution is -2.61. The summed E-state index contributed by atoms with van der Waals surface area (Å²) in [5, 5.41) is 9.51. The van der Waals surface area contributed by atoms with Crippen molar-refractivity contribution >= 4 is 123 Å². The van der Waals surface area contributed by atoms with E-state index in [1.165, 1.54) is 99.7 Å². The highest BCUT2D eigenvalue weighted by Gasteiger charge is 2.45. The van der Waals surface area contributed by atoms with Gasteiger partial charge in [0.25, 0.3) is 6.71 Å². The summed E-state index contributed by atoms with van der Waals surface area (Å²) in [6, 6.07) is 78.7. The maximum atomic E-state index is 6.89. The molecule has 0 fully saturated rings. The van der Waals surface area contributed by atoms with Crippen LogP contribution in [0.15, 0.2) is 211 Å². The van der Waals surface area contributed by atoms with E-state index in [2.05, 4.69) is 304 Å². The van der Waals surface area contributed by atoms with Crippen LogP contribution < -0.4 is 26.2 Å². The molecule has 0 amide bonds. The molecule has 2 aliphatic heterocycles. The van der Waals surface area contributed by atoms with Crippen LogP contribution in [0.4, 0.5) is 34.1 Å². The molecule has 4 nitrogen and oxygen atoms in total. The van der Waals surface area contributed by atoms with Gasteiger partial charge in [0.05, 0.1) is 11.0 Å². The molecule has 83 heavy (non-hydrogen) atoms. The third-order valence-electron chi connectivity index (χ3n) is 18.3. The van der Waals surface area contributed by atoms with E-state index in [-0.39, 0.29) is 28.4 Å². The minimum atomic E-state index is -0.112. The van der Waals surface area contributed by atoms with E-state index in [9.17, 15) is 0 Å². The lowest BCUT2D eigenvalue weighted by molar-refractivity contribution is 0.568. The summed E-state index contributed by atoms with van der Waals surface area (Å²) < 4.78 is 9.31. The highest BCUT2D eigenvalue weighted by atomic mass is 16.3. The van der Waals surface area contributed by atoms with E-state index in [1.54, 1.807) is 0 Å². The lowest BCUT2D eigenvalue weighted by Gasteiger charge is -2.46. The van der Waals surface area contributed by atoms with Crippen molar-refractivity contribution in [2.75, 3.05) is 9.80 Å². The smallest absolute Gasteiger partial charge is 0.252 e. The first-order valence-corrected chi connectivity index (χ1v) is 29.8. The Morgan fingerprint density at radius 1 is 0.349 bits per heavy atom. The van der Waals surface area contributed by atoms with Crippen LogP contribution in [0.3, 0.4) is 0 Å². The van der Waals surface area contributed by atoms with E-state index in [0.717, 1.165) is 55.2 Å². The van der Waals surface area contributed by atoms with Gasteiger partial charge in [0, 0.05) is 72.1 Å². The average Bonchev–Trinajstić information content (AvgIpc) is 1.15. The highest BCUT2D eigenvalue weighted by Crippen LogP contribution is 2.52. The SMILES string of the molecule is CC(C)(C)c1cc(N2c3cc(-c4ccc5c(c4)c4ccc6c7ccccc7oc6c4n5-c4ccccc4)cc4c3B(c3ccc5ccccc5c32)c2ccc3ccccc3c2N4c2cc(C(C)(C)C)cc(C(C)(C)C)c2)cc(C(C)(C)C)c1. The first-order valence-electron chi connectivity index (χ1n) is 29.8. The molecular weight excluding hydrogens is 1010 g/mol. The van der Waals surface area contributed by atoms with E-state index in [1.807, 2.05) is 0 Å². The number of aromatic nitrogens is 1. The minimum Gasteiger partial charge on any atom is -0.454 e. The monoisotopic (exact) mass is 1080 g/mol. The predicted molar refractivity (Wildman–Crippen MR) is 357 cm³/mol. The maximum absolute atomic E-state index is 6.89. The topological polar surface area (TPSA) is 24.6 Å². The number of hydrogen-bond acceptors (Lipinski definition) is 3. The fraction of sp³-hybridized carbons (Fsp3) is 0.205. The molecule has 4 heterocycles. The van der Waals surface area contributed by atoms with Crippen LogP contribution in [0.1, 0.15) is 105 Å². The number of hydrogen-bond donors (Lipinski definition) is 0. The third-order valence-corrected chi connectivity index (χ3v) is 18.3. The van der Waals surface area contributed by atoms with Gasteiger partial charge in [0.15, 0.2) is 5.58 Å². The highest BCUT2D eigenvalue weighted by molar-refractivity contribution is 7.00. The predicted octanol–water partition coefficient (Wildman–Crippen LogP) is 19.9. The fourth-order valence-corrected chi connectivity index (χ4v) is 13.7. The summed E-state index contributed by atoms with van der Waals surface area (Å²) in [6.07, 6.45) is 0. The molecular formula is C78H70BN3O. The number of anilines is 6. The summed E-state index contributed by atoms with van der Waals surface area (Å²) in [5.74, 6) is 0. The van der Waals surface area contributed by atoms with Gasteiger partial charge < -0.3 is 18.8 Å². The average molecular weight is 1080 g/mol. The van der Waals surface area contributed by atoms with Crippen LogP contribution in [-0.4, -0.2) is 11.3 Å². The Bertz CT molecular complexity index is 4600. The Morgan fingerprint density at radius 3 is 1.34 bits per heavy atom. The largest absolute Gasteiger partial charge is 0.454 e. The molecule has 0 unspecified atom stereocenters. The molecule has 5 heteroatoms. The van der Waals surface area contributed by atoms with Gasteiger partial charge in [-0.1, -0.05) is 217 Å². The summed E-state index contributed by atoms with van der Waals surface area (Å²) in [6.45, 7) is 28.2. The number of furan rings is 1.